The van der Waals surface area contributed by atoms with E-state index in [1.54, 1.807) is 16.4 Å². The average molecular weight is 333 g/mol. The summed E-state index contributed by atoms with van der Waals surface area (Å²) in [6.45, 7) is 6.33. The number of hydrogen-bond acceptors (Lipinski definition) is 3. The van der Waals surface area contributed by atoms with Gasteiger partial charge in [-0.25, -0.2) is 8.42 Å². The van der Waals surface area contributed by atoms with Gasteiger partial charge in [0.1, 0.15) is 0 Å². The minimum absolute atomic E-state index is 0. The lowest BCUT2D eigenvalue weighted by atomic mass is 10.0. The van der Waals surface area contributed by atoms with Crippen LogP contribution in [0.5, 0.6) is 0 Å². The summed E-state index contributed by atoms with van der Waals surface area (Å²) in [5.41, 5.74) is 1.17. The molecule has 1 unspecified atom stereocenters. The Balaban J connectivity index is 0.00000220. The van der Waals surface area contributed by atoms with Gasteiger partial charge in [0.05, 0.1) is 4.90 Å². The Morgan fingerprint density at radius 3 is 2.43 bits per heavy atom. The molecule has 1 saturated heterocycles. The van der Waals surface area contributed by atoms with Gasteiger partial charge in [0.15, 0.2) is 0 Å². The van der Waals surface area contributed by atoms with Crippen molar-refractivity contribution in [3.05, 3.63) is 29.8 Å². The van der Waals surface area contributed by atoms with Crippen molar-refractivity contribution in [2.45, 2.75) is 31.1 Å². The Hall–Kier alpha value is -0.620. The Kier molecular flexibility index (Phi) is 6.66. The molecule has 4 nitrogen and oxygen atoms in total. The summed E-state index contributed by atoms with van der Waals surface area (Å²) in [5, 5.41) is 3.12. The first kappa shape index (κ1) is 18.4. The van der Waals surface area contributed by atoms with E-state index in [-0.39, 0.29) is 12.4 Å². The standard InChI is InChI=1S/C15H24N2O2S.ClH/c1-12(2)14-4-6-15(7-5-14)20(18,19)17-9-8-13(11-17)10-16-3;/h4-7,12-13,16H,8-11H2,1-3H3;1H. The van der Waals surface area contributed by atoms with Crippen LogP contribution in [-0.4, -0.2) is 39.4 Å². The molecule has 6 heteroatoms. The molecule has 1 aliphatic heterocycles. The van der Waals surface area contributed by atoms with Gasteiger partial charge in [0.25, 0.3) is 0 Å². The van der Waals surface area contributed by atoms with Gasteiger partial charge in [-0.3, -0.25) is 0 Å². The van der Waals surface area contributed by atoms with Crippen molar-refractivity contribution in [2.24, 2.45) is 5.92 Å². The highest BCUT2D eigenvalue weighted by atomic mass is 35.5. The van der Waals surface area contributed by atoms with E-state index in [0.717, 1.165) is 13.0 Å². The molecule has 0 spiro atoms. The third-order valence-electron chi connectivity index (χ3n) is 3.93. The number of benzene rings is 1. The van der Waals surface area contributed by atoms with Gasteiger partial charge in [-0.05, 0) is 49.5 Å². The summed E-state index contributed by atoms with van der Waals surface area (Å²) < 4.78 is 26.8. The van der Waals surface area contributed by atoms with Gasteiger partial charge in [0.2, 0.25) is 10.0 Å². The van der Waals surface area contributed by atoms with E-state index in [4.69, 9.17) is 0 Å². The highest BCUT2D eigenvalue weighted by molar-refractivity contribution is 7.89. The van der Waals surface area contributed by atoms with Crippen LogP contribution in [0.1, 0.15) is 31.7 Å². The Morgan fingerprint density at radius 2 is 1.90 bits per heavy atom. The van der Waals surface area contributed by atoms with Crippen LogP contribution in [0.25, 0.3) is 0 Å². The van der Waals surface area contributed by atoms with Crippen molar-refractivity contribution < 1.29 is 8.42 Å². The molecule has 120 valence electrons. The smallest absolute Gasteiger partial charge is 0.243 e. The zero-order valence-corrected chi connectivity index (χ0v) is 14.5. The number of hydrogen-bond donors (Lipinski definition) is 1. The van der Waals surface area contributed by atoms with E-state index in [2.05, 4.69) is 19.2 Å². The highest BCUT2D eigenvalue weighted by Gasteiger charge is 2.32. The van der Waals surface area contributed by atoms with Crippen LogP contribution >= 0.6 is 12.4 Å². The maximum Gasteiger partial charge on any atom is 0.243 e. The van der Waals surface area contributed by atoms with Gasteiger partial charge >= 0.3 is 0 Å². The summed E-state index contributed by atoms with van der Waals surface area (Å²) in [4.78, 5) is 0.409. The summed E-state index contributed by atoms with van der Waals surface area (Å²) >= 11 is 0. The van der Waals surface area contributed by atoms with E-state index < -0.39 is 10.0 Å². The highest BCUT2D eigenvalue weighted by Crippen LogP contribution is 2.25. The second-order valence-corrected chi connectivity index (χ2v) is 7.74. The molecule has 1 aromatic rings. The first-order chi connectivity index (χ1) is 9.45. The lowest BCUT2D eigenvalue weighted by Gasteiger charge is -2.17. The number of nitrogens with zero attached hydrogens (tertiary/aromatic N) is 1. The molecule has 1 N–H and O–H groups in total. The van der Waals surface area contributed by atoms with E-state index in [1.807, 2.05) is 19.2 Å². The normalized spacial score (nSPS) is 19.7. The predicted molar refractivity (Wildman–Crippen MR) is 88.6 cm³/mol. The zero-order chi connectivity index (χ0) is 14.8. The SMILES string of the molecule is CNCC1CCN(S(=O)(=O)c2ccc(C(C)C)cc2)C1.Cl. The molecule has 1 aromatic carbocycles. The molecule has 21 heavy (non-hydrogen) atoms. The fourth-order valence-corrected chi connectivity index (χ4v) is 4.18. The molecule has 1 fully saturated rings. The number of nitrogens with one attached hydrogen (secondary N) is 1. The van der Waals surface area contributed by atoms with Gasteiger partial charge in [-0.1, -0.05) is 26.0 Å². The minimum Gasteiger partial charge on any atom is -0.319 e. The second-order valence-electron chi connectivity index (χ2n) is 5.80. The fraction of sp³-hybridized carbons (Fsp3) is 0.600. The average Bonchev–Trinajstić information content (AvgIpc) is 2.88. The van der Waals surface area contributed by atoms with Gasteiger partial charge < -0.3 is 5.32 Å². The molecular formula is C15H25ClN2O2S. The van der Waals surface area contributed by atoms with Crippen molar-refractivity contribution in [2.75, 3.05) is 26.7 Å². The molecule has 1 atom stereocenters. The van der Waals surface area contributed by atoms with Crippen molar-refractivity contribution in [3.63, 3.8) is 0 Å². The van der Waals surface area contributed by atoms with Gasteiger partial charge in [0, 0.05) is 13.1 Å². The van der Waals surface area contributed by atoms with Crippen molar-refractivity contribution in [3.8, 4) is 0 Å². The van der Waals surface area contributed by atoms with Crippen LogP contribution < -0.4 is 5.32 Å². The lowest BCUT2D eigenvalue weighted by molar-refractivity contribution is 0.451. The zero-order valence-electron chi connectivity index (χ0n) is 12.9. The van der Waals surface area contributed by atoms with Crippen LogP contribution in [0.15, 0.2) is 29.2 Å². The topological polar surface area (TPSA) is 49.4 Å². The molecule has 2 rings (SSSR count). The van der Waals surface area contributed by atoms with Gasteiger partial charge in [-0.2, -0.15) is 4.31 Å². The van der Waals surface area contributed by atoms with Crippen LogP contribution in [-0.2, 0) is 10.0 Å². The molecule has 0 radical (unpaired) electrons. The van der Waals surface area contributed by atoms with Gasteiger partial charge in [-0.15, -0.1) is 12.4 Å². The quantitative estimate of drug-likeness (QED) is 0.901. The monoisotopic (exact) mass is 332 g/mol. The first-order valence-electron chi connectivity index (χ1n) is 7.20. The molecule has 0 amide bonds. The van der Waals surface area contributed by atoms with E-state index in [1.165, 1.54) is 5.56 Å². The number of rotatable bonds is 5. The molecular weight excluding hydrogens is 308 g/mol. The molecule has 0 saturated carbocycles. The van der Waals surface area contributed by atoms with Crippen LogP contribution in [0.3, 0.4) is 0 Å². The van der Waals surface area contributed by atoms with Crippen LogP contribution in [0.2, 0.25) is 0 Å². The lowest BCUT2D eigenvalue weighted by Crippen LogP contribution is -2.30. The predicted octanol–water partition coefficient (Wildman–Crippen LogP) is 2.46. The summed E-state index contributed by atoms with van der Waals surface area (Å²) in [5.74, 6) is 0.836. The van der Waals surface area contributed by atoms with Crippen LogP contribution in [0, 0.1) is 5.92 Å². The minimum atomic E-state index is -3.33. The molecule has 0 aromatic heterocycles. The molecule has 1 aliphatic rings. The maximum absolute atomic E-state index is 12.6. The van der Waals surface area contributed by atoms with E-state index >= 15 is 0 Å². The Labute approximate surface area is 134 Å². The Bertz CT molecular complexity index is 543. The van der Waals surface area contributed by atoms with E-state index in [9.17, 15) is 8.42 Å². The van der Waals surface area contributed by atoms with Crippen LogP contribution in [0.4, 0.5) is 0 Å². The summed E-state index contributed by atoms with van der Waals surface area (Å²) in [6.07, 6.45) is 0.935. The third-order valence-corrected chi connectivity index (χ3v) is 5.81. The number of halogens is 1. The largest absolute Gasteiger partial charge is 0.319 e. The Morgan fingerprint density at radius 1 is 1.29 bits per heavy atom. The van der Waals surface area contributed by atoms with Crippen molar-refractivity contribution >= 4 is 22.4 Å². The van der Waals surface area contributed by atoms with Crippen molar-refractivity contribution in [1.29, 1.82) is 0 Å². The molecule has 0 bridgehead atoms. The summed E-state index contributed by atoms with van der Waals surface area (Å²) in [6, 6.07) is 7.30. The number of sulfonamides is 1. The first-order valence-corrected chi connectivity index (χ1v) is 8.64. The molecule has 1 heterocycles. The fourth-order valence-electron chi connectivity index (χ4n) is 2.64. The maximum atomic E-state index is 12.6. The molecule has 0 aliphatic carbocycles. The summed E-state index contributed by atoms with van der Waals surface area (Å²) in [7, 11) is -1.42. The second kappa shape index (κ2) is 7.58. The third kappa shape index (κ3) is 4.19. The van der Waals surface area contributed by atoms with Crippen molar-refractivity contribution in [1.82, 2.24) is 9.62 Å². The van der Waals surface area contributed by atoms with E-state index in [0.29, 0.717) is 29.8 Å².